The van der Waals surface area contributed by atoms with Gasteiger partial charge in [-0.3, -0.25) is 0 Å². The maximum atomic E-state index is 12.7. The Morgan fingerprint density at radius 1 is 1.00 bits per heavy atom. The zero-order chi connectivity index (χ0) is 21.0. The van der Waals surface area contributed by atoms with Gasteiger partial charge in [-0.15, -0.1) is 0 Å². The molecule has 2 aliphatic heterocycles. The minimum absolute atomic E-state index is 0.230. The van der Waals surface area contributed by atoms with Gasteiger partial charge in [0, 0.05) is 51.4 Å². The molecule has 2 aliphatic rings. The molecule has 0 aliphatic carbocycles. The highest BCUT2D eigenvalue weighted by atomic mass is 35.5. The Morgan fingerprint density at radius 3 is 2.17 bits per heavy atom. The number of nitrogens with zero attached hydrogens (tertiary/aromatic N) is 3. The fraction of sp³-hybridized carbons (Fsp3) is 0.588. The molecule has 2 amide bonds. The second-order valence-corrected chi connectivity index (χ2v) is 8.86. The molecule has 0 aromatic heterocycles. The Kier molecular flexibility index (Phi) is 7.06. The van der Waals surface area contributed by atoms with E-state index in [1.165, 1.54) is 22.8 Å². The first-order chi connectivity index (χ1) is 13.9. The Labute approximate surface area is 175 Å². The van der Waals surface area contributed by atoms with E-state index in [1.807, 2.05) is 0 Å². The number of piperazine rings is 1. The number of urea groups is 1. The summed E-state index contributed by atoms with van der Waals surface area (Å²) in [4.78, 5) is 14.2. The third kappa shape index (κ3) is 4.86. The van der Waals surface area contributed by atoms with E-state index in [9.17, 15) is 13.2 Å². The molecule has 0 bridgehead atoms. The first-order valence-corrected chi connectivity index (χ1v) is 10.9. The highest BCUT2D eigenvalue weighted by Gasteiger charge is 2.34. The van der Waals surface area contributed by atoms with E-state index in [4.69, 9.17) is 25.8 Å². The van der Waals surface area contributed by atoms with Gasteiger partial charge in [0.1, 0.15) is 11.5 Å². The molecular formula is C17H25ClN4O6S. The standard InChI is InChI=1S/C17H25ClN4O6S/c1-26-15-12-14(16(27-2)11-13(15)18)19-17(23)20-3-5-21(6-4-20)29(24,25)22-7-9-28-10-8-22/h11-12H,3-10H2,1-2H3,(H,19,23). The number of carbonyl (C=O) groups is 1. The van der Waals surface area contributed by atoms with E-state index in [0.717, 1.165) is 0 Å². The molecule has 2 fully saturated rings. The van der Waals surface area contributed by atoms with Gasteiger partial charge < -0.3 is 24.4 Å². The molecule has 29 heavy (non-hydrogen) atoms. The van der Waals surface area contributed by atoms with E-state index < -0.39 is 10.2 Å². The van der Waals surface area contributed by atoms with Gasteiger partial charge in [-0.1, -0.05) is 11.6 Å². The van der Waals surface area contributed by atoms with E-state index in [-0.39, 0.29) is 32.2 Å². The number of ether oxygens (including phenoxy) is 3. The van der Waals surface area contributed by atoms with Crippen LogP contribution >= 0.6 is 11.6 Å². The van der Waals surface area contributed by atoms with Gasteiger partial charge in [-0.05, 0) is 0 Å². The van der Waals surface area contributed by atoms with Gasteiger partial charge in [0.15, 0.2) is 0 Å². The first kappa shape index (κ1) is 21.9. The molecule has 1 aromatic rings. The van der Waals surface area contributed by atoms with Crippen molar-refractivity contribution in [2.24, 2.45) is 0 Å². The number of benzene rings is 1. The Hall–Kier alpha value is -1.79. The number of nitrogens with one attached hydrogen (secondary N) is 1. The lowest BCUT2D eigenvalue weighted by Crippen LogP contribution is -2.56. The molecule has 162 valence electrons. The number of rotatable bonds is 5. The molecule has 0 spiro atoms. The van der Waals surface area contributed by atoms with Crippen LogP contribution in [0.4, 0.5) is 10.5 Å². The molecule has 0 saturated carbocycles. The molecule has 2 heterocycles. The number of morpholine rings is 1. The first-order valence-electron chi connectivity index (χ1n) is 9.17. The van der Waals surface area contributed by atoms with Crippen LogP contribution < -0.4 is 14.8 Å². The fourth-order valence-electron chi connectivity index (χ4n) is 3.21. The van der Waals surface area contributed by atoms with Crippen LogP contribution in [-0.2, 0) is 14.9 Å². The van der Waals surface area contributed by atoms with Crippen molar-refractivity contribution in [3.63, 3.8) is 0 Å². The molecule has 1 aromatic carbocycles. The normalized spacial score (nSPS) is 19.1. The van der Waals surface area contributed by atoms with Gasteiger partial charge in [-0.2, -0.15) is 17.0 Å². The summed E-state index contributed by atoms with van der Waals surface area (Å²) >= 11 is 6.09. The minimum Gasteiger partial charge on any atom is -0.495 e. The average Bonchev–Trinajstić information content (AvgIpc) is 2.75. The third-order valence-corrected chi connectivity index (χ3v) is 7.19. The fourth-order valence-corrected chi connectivity index (χ4v) is 5.01. The van der Waals surface area contributed by atoms with Gasteiger partial charge in [-0.25, -0.2) is 4.79 Å². The number of carbonyl (C=O) groups excluding carboxylic acids is 1. The van der Waals surface area contributed by atoms with E-state index >= 15 is 0 Å². The summed E-state index contributed by atoms with van der Waals surface area (Å²) in [6, 6.07) is 2.79. The molecule has 0 atom stereocenters. The number of methoxy groups -OCH3 is 2. The van der Waals surface area contributed by atoms with Crippen LogP contribution in [0.5, 0.6) is 11.5 Å². The molecule has 1 N–H and O–H groups in total. The zero-order valence-corrected chi connectivity index (χ0v) is 18.0. The predicted molar refractivity (Wildman–Crippen MR) is 108 cm³/mol. The Bertz CT molecular complexity index is 839. The predicted octanol–water partition coefficient (Wildman–Crippen LogP) is 1.08. The van der Waals surface area contributed by atoms with Crippen LogP contribution in [0.1, 0.15) is 0 Å². The highest BCUT2D eigenvalue weighted by molar-refractivity contribution is 7.86. The van der Waals surface area contributed by atoms with Crippen molar-refractivity contribution in [3.8, 4) is 11.5 Å². The van der Waals surface area contributed by atoms with E-state index in [0.29, 0.717) is 48.5 Å². The molecular weight excluding hydrogens is 424 g/mol. The zero-order valence-electron chi connectivity index (χ0n) is 16.4. The summed E-state index contributed by atoms with van der Waals surface area (Å²) in [7, 11) is -0.586. The maximum Gasteiger partial charge on any atom is 0.322 e. The Balaban J connectivity index is 1.62. The minimum atomic E-state index is -3.54. The summed E-state index contributed by atoms with van der Waals surface area (Å²) < 4.78 is 44.0. The van der Waals surface area contributed by atoms with Crippen LogP contribution in [0.2, 0.25) is 5.02 Å². The lowest BCUT2D eigenvalue weighted by atomic mass is 10.2. The van der Waals surface area contributed by atoms with Gasteiger partial charge >= 0.3 is 6.03 Å². The van der Waals surface area contributed by atoms with Crippen molar-refractivity contribution in [1.29, 1.82) is 0 Å². The smallest absolute Gasteiger partial charge is 0.322 e. The van der Waals surface area contributed by atoms with Crippen LogP contribution in [-0.4, -0.2) is 94.7 Å². The number of anilines is 1. The van der Waals surface area contributed by atoms with Crippen LogP contribution in [0.15, 0.2) is 12.1 Å². The molecule has 2 saturated heterocycles. The molecule has 0 unspecified atom stereocenters. The summed E-state index contributed by atoms with van der Waals surface area (Å²) in [5, 5.41) is 3.14. The molecule has 10 nitrogen and oxygen atoms in total. The van der Waals surface area contributed by atoms with E-state index in [2.05, 4.69) is 5.32 Å². The monoisotopic (exact) mass is 448 g/mol. The molecule has 0 radical (unpaired) electrons. The number of halogens is 1. The third-order valence-electron chi connectivity index (χ3n) is 4.86. The SMILES string of the molecule is COc1cc(NC(=O)N2CCN(S(=O)(=O)N3CCOCC3)CC2)c(OC)cc1Cl. The van der Waals surface area contributed by atoms with Crippen LogP contribution in [0, 0.1) is 0 Å². The number of hydrogen-bond acceptors (Lipinski definition) is 6. The quantitative estimate of drug-likeness (QED) is 0.723. The van der Waals surface area contributed by atoms with Crippen molar-refractivity contribution in [3.05, 3.63) is 17.2 Å². The lowest BCUT2D eigenvalue weighted by molar-refractivity contribution is 0.0691. The van der Waals surface area contributed by atoms with Crippen molar-refractivity contribution in [1.82, 2.24) is 13.5 Å². The van der Waals surface area contributed by atoms with Gasteiger partial charge in [0.2, 0.25) is 0 Å². The van der Waals surface area contributed by atoms with Gasteiger partial charge in [0.05, 0.1) is 38.1 Å². The van der Waals surface area contributed by atoms with Crippen LogP contribution in [0.3, 0.4) is 0 Å². The van der Waals surface area contributed by atoms with Crippen molar-refractivity contribution in [2.45, 2.75) is 0 Å². The average molecular weight is 449 g/mol. The maximum absolute atomic E-state index is 12.7. The molecule has 3 rings (SSSR count). The Morgan fingerprint density at radius 2 is 1.59 bits per heavy atom. The number of amides is 2. The van der Waals surface area contributed by atoms with Crippen molar-refractivity contribution < 1.29 is 27.4 Å². The van der Waals surface area contributed by atoms with Crippen molar-refractivity contribution >= 4 is 33.5 Å². The van der Waals surface area contributed by atoms with Gasteiger partial charge in [0.25, 0.3) is 10.2 Å². The molecule has 12 heteroatoms. The highest BCUT2D eigenvalue weighted by Crippen LogP contribution is 2.36. The van der Waals surface area contributed by atoms with E-state index in [1.54, 1.807) is 17.0 Å². The largest absolute Gasteiger partial charge is 0.495 e. The number of hydrogen-bond donors (Lipinski definition) is 1. The topological polar surface area (TPSA) is 101 Å². The summed E-state index contributed by atoms with van der Waals surface area (Å²) in [6.45, 7) is 2.51. The van der Waals surface area contributed by atoms with Crippen LogP contribution in [0.25, 0.3) is 0 Å². The summed E-state index contributed by atoms with van der Waals surface area (Å²) in [6.07, 6.45) is 0. The van der Waals surface area contributed by atoms with Crippen molar-refractivity contribution in [2.75, 3.05) is 72.0 Å². The second kappa shape index (κ2) is 9.35. The second-order valence-electron chi connectivity index (χ2n) is 6.52. The summed E-state index contributed by atoms with van der Waals surface area (Å²) in [5.74, 6) is 0.807. The lowest BCUT2D eigenvalue weighted by Gasteiger charge is -2.37. The summed E-state index contributed by atoms with van der Waals surface area (Å²) in [5.41, 5.74) is 0.419.